The smallest absolute Gasteiger partial charge is 0.340 e. The Morgan fingerprint density at radius 2 is 2.07 bits per heavy atom. The van der Waals surface area contributed by atoms with Crippen molar-refractivity contribution in [3.63, 3.8) is 0 Å². The molecule has 3 rings (SSSR count). The number of benzene rings is 1. The van der Waals surface area contributed by atoms with Gasteiger partial charge in [-0.05, 0) is 42.9 Å². The molecule has 8 heteroatoms. The normalized spacial score (nSPS) is 15.7. The van der Waals surface area contributed by atoms with Gasteiger partial charge in [-0.25, -0.2) is 4.79 Å². The number of hydrogen-bond donors (Lipinski definition) is 2. The van der Waals surface area contributed by atoms with E-state index in [1.165, 1.54) is 17.4 Å². The van der Waals surface area contributed by atoms with Crippen LogP contribution >= 0.6 is 22.9 Å². The van der Waals surface area contributed by atoms with E-state index in [0.29, 0.717) is 16.5 Å². The van der Waals surface area contributed by atoms with Gasteiger partial charge in [-0.3, -0.25) is 9.59 Å². The Labute approximate surface area is 165 Å². The molecule has 1 aliphatic carbocycles. The van der Waals surface area contributed by atoms with Gasteiger partial charge in [0.1, 0.15) is 5.00 Å². The van der Waals surface area contributed by atoms with Crippen molar-refractivity contribution in [3.05, 3.63) is 50.9 Å². The maximum absolute atomic E-state index is 12.2. The van der Waals surface area contributed by atoms with Crippen LogP contribution in [0.1, 0.15) is 44.5 Å². The van der Waals surface area contributed by atoms with Gasteiger partial charge in [0.25, 0.3) is 11.8 Å². The van der Waals surface area contributed by atoms with E-state index in [-0.39, 0.29) is 10.6 Å². The number of esters is 1. The Kier molecular flexibility index (Phi) is 5.82. The molecule has 6 nitrogen and oxygen atoms in total. The highest BCUT2D eigenvalue weighted by molar-refractivity contribution is 7.17. The van der Waals surface area contributed by atoms with Gasteiger partial charge in [-0.2, -0.15) is 0 Å². The Bertz CT molecular complexity index is 909. The number of amides is 2. The van der Waals surface area contributed by atoms with Crippen LogP contribution in [0.3, 0.4) is 0 Å². The number of rotatable bonds is 5. The predicted molar refractivity (Wildman–Crippen MR) is 104 cm³/mol. The van der Waals surface area contributed by atoms with Gasteiger partial charge in [0.2, 0.25) is 0 Å². The number of anilines is 1. The van der Waals surface area contributed by atoms with E-state index in [1.54, 1.807) is 18.2 Å². The summed E-state index contributed by atoms with van der Waals surface area (Å²) in [5, 5.41) is 3.32. The number of thiophene rings is 1. The lowest BCUT2D eigenvalue weighted by Gasteiger charge is -2.18. The third kappa shape index (κ3) is 4.31. The Morgan fingerprint density at radius 1 is 1.33 bits per heavy atom. The van der Waals surface area contributed by atoms with Gasteiger partial charge in [-0.1, -0.05) is 30.7 Å². The topological polar surface area (TPSA) is 98.5 Å². The summed E-state index contributed by atoms with van der Waals surface area (Å²) >= 11 is 7.30. The highest BCUT2D eigenvalue weighted by Crippen LogP contribution is 2.39. The summed E-state index contributed by atoms with van der Waals surface area (Å²) in [5.41, 5.74) is 7.00. The second-order valence-electron chi connectivity index (χ2n) is 6.52. The van der Waals surface area contributed by atoms with Crippen LogP contribution < -0.4 is 11.1 Å². The largest absolute Gasteiger partial charge is 0.452 e. The molecule has 1 atom stereocenters. The number of nitrogens with one attached hydrogen (secondary N) is 1. The average molecular weight is 407 g/mol. The monoisotopic (exact) mass is 406 g/mol. The molecular formula is C19H19ClN2O4S. The maximum Gasteiger partial charge on any atom is 0.340 e. The minimum Gasteiger partial charge on any atom is -0.452 e. The zero-order chi connectivity index (χ0) is 19.6. The second-order valence-corrected chi connectivity index (χ2v) is 8.04. The van der Waals surface area contributed by atoms with Gasteiger partial charge in [0, 0.05) is 4.88 Å². The van der Waals surface area contributed by atoms with Gasteiger partial charge in [0.15, 0.2) is 6.61 Å². The van der Waals surface area contributed by atoms with E-state index >= 15 is 0 Å². The maximum atomic E-state index is 12.2. The lowest BCUT2D eigenvalue weighted by Crippen LogP contribution is -2.23. The molecule has 142 valence electrons. The van der Waals surface area contributed by atoms with Crippen molar-refractivity contribution in [3.8, 4) is 0 Å². The van der Waals surface area contributed by atoms with E-state index < -0.39 is 24.4 Å². The van der Waals surface area contributed by atoms with Gasteiger partial charge in [0.05, 0.1) is 16.1 Å². The minimum atomic E-state index is -0.690. The van der Waals surface area contributed by atoms with Crippen molar-refractivity contribution in [2.45, 2.75) is 26.2 Å². The molecule has 0 unspecified atom stereocenters. The molecule has 0 fully saturated rings. The molecule has 0 bridgehead atoms. The lowest BCUT2D eigenvalue weighted by atomic mass is 9.88. The number of ether oxygens (including phenoxy) is 1. The van der Waals surface area contributed by atoms with Crippen LogP contribution in [0.4, 0.5) is 5.00 Å². The van der Waals surface area contributed by atoms with Gasteiger partial charge >= 0.3 is 5.97 Å². The van der Waals surface area contributed by atoms with Crippen LogP contribution in [-0.4, -0.2) is 24.4 Å². The summed E-state index contributed by atoms with van der Waals surface area (Å²) in [6.45, 7) is 1.67. The number of primary amides is 1. The van der Waals surface area contributed by atoms with Gasteiger partial charge in [-0.15, -0.1) is 11.3 Å². The summed E-state index contributed by atoms with van der Waals surface area (Å²) < 4.78 is 5.02. The van der Waals surface area contributed by atoms with Crippen molar-refractivity contribution < 1.29 is 19.1 Å². The molecule has 0 aliphatic heterocycles. The molecule has 1 aliphatic rings. The molecular weight excluding hydrogens is 388 g/mol. The number of carbonyl (C=O) groups excluding carboxylic acids is 3. The molecule has 1 heterocycles. The molecule has 0 saturated heterocycles. The Balaban J connectivity index is 1.68. The van der Waals surface area contributed by atoms with Crippen molar-refractivity contribution in [1.29, 1.82) is 0 Å². The summed E-state index contributed by atoms with van der Waals surface area (Å²) in [4.78, 5) is 37.2. The summed E-state index contributed by atoms with van der Waals surface area (Å²) in [7, 11) is 0. The first-order valence-corrected chi connectivity index (χ1v) is 9.72. The van der Waals surface area contributed by atoms with E-state index in [4.69, 9.17) is 22.1 Å². The minimum absolute atomic E-state index is 0.186. The molecule has 1 aromatic carbocycles. The number of fused-ring (bicyclic) bond motifs is 1. The summed E-state index contributed by atoms with van der Waals surface area (Å²) in [5.74, 6) is -1.27. The van der Waals surface area contributed by atoms with Crippen LogP contribution in [0.15, 0.2) is 24.3 Å². The number of carbonyl (C=O) groups is 3. The first-order valence-electron chi connectivity index (χ1n) is 8.52. The molecule has 1 aromatic heterocycles. The van der Waals surface area contributed by atoms with Gasteiger partial charge < -0.3 is 15.8 Å². The predicted octanol–water partition coefficient (Wildman–Crippen LogP) is 3.42. The first kappa shape index (κ1) is 19.4. The molecule has 3 N–H and O–H groups in total. The fourth-order valence-corrected chi connectivity index (χ4v) is 4.74. The Hall–Kier alpha value is -2.38. The third-order valence-electron chi connectivity index (χ3n) is 4.44. The van der Waals surface area contributed by atoms with E-state index in [9.17, 15) is 14.4 Å². The quantitative estimate of drug-likeness (QED) is 0.743. The number of nitrogens with two attached hydrogens (primary N) is 1. The summed E-state index contributed by atoms with van der Waals surface area (Å²) in [6.07, 6.45) is 2.60. The fourth-order valence-electron chi connectivity index (χ4n) is 3.10. The van der Waals surface area contributed by atoms with E-state index in [2.05, 4.69) is 12.2 Å². The lowest BCUT2D eigenvalue weighted by molar-refractivity contribution is -0.119. The molecule has 0 saturated carbocycles. The Morgan fingerprint density at radius 3 is 2.78 bits per heavy atom. The molecule has 27 heavy (non-hydrogen) atoms. The van der Waals surface area contributed by atoms with Crippen LogP contribution in [-0.2, 0) is 22.4 Å². The first-order chi connectivity index (χ1) is 12.9. The van der Waals surface area contributed by atoms with E-state index in [0.717, 1.165) is 29.7 Å². The zero-order valence-electron chi connectivity index (χ0n) is 14.7. The highest BCUT2D eigenvalue weighted by Gasteiger charge is 2.27. The van der Waals surface area contributed by atoms with E-state index in [1.807, 2.05) is 0 Å². The molecule has 2 aromatic rings. The second kappa shape index (κ2) is 8.10. The van der Waals surface area contributed by atoms with Crippen LogP contribution in [0.25, 0.3) is 0 Å². The molecule has 0 radical (unpaired) electrons. The van der Waals surface area contributed by atoms with Crippen LogP contribution in [0.5, 0.6) is 0 Å². The summed E-state index contributed by atoms with van der Waals surface area (Å²) in [6, 6.07) is 6.42. The highest BCUT2D eigenvalue weighted by atomic mass is 35.5. The zero-order valence-corrected chi connectivity index (χ0v) is 16.3. The van der Waals surface area contributed by atoms with Crippen molar-refractivity contribution >= 4 is 45.7 Å². The molecule has 2 amide bonds. The van der Waals surface area contributed by atoms with Crippen molar-refractivity contribution in [1.82, 2.24) is 0 Å². The average Bonchev–Trinajstić information content (AvgIpc) is 2.97. The fraction of sp³-hybridized carbons (Fsp3) is 0.316. The third-order valence-corrected chi connectivity index (χ3v) is 5.94. The van der Waals surface area contributed by atoms with Crippen LogP contribution in [0, 0.1) is 5.92 Å². The van der Waals surface area contributed by atoms with Crippen molar-refractivity contribution in [2.24, 2.45) is 11.7 Å². The van der Waals surface area contributed by atoms with Crippen molar-refractivity contribution in [2.75, 3.05) is 11.9 Å². The SMILES string of the molecule is C[C@@H]1CCc2c(sc(NC(=O)COC(=O)c3ccccc3Cl)c2C(N)=O)C1. The van der Waals surface area contributed by atoms with Crippen LogP contribution in [0.2, 0.25) is 5.02 Å². The standard InChI is InChI=1S/C19H19ClN2O4S/c1-10-6-7-12-14(8-10)27-18(16(12)17(21)24)22-15(23)9-26-19(25)11-4-2-3-5-13(11)20/h2-5,10H,6-9H2,1H3,(H2,21,24)(H,22,23)/t10-/m1/s1. The molecule has 0 spiro atoms. The number of halogens is 1. The number of hydrogen-bond acceptors (Lipinski definition) is 5.